The third kappa shape index (κ3) is 5.26. The Hall–Kier alpha value is -2.76. The molecular weight excluding hydrogens is 455 g/mol. The number of fused-ring (bicyclic) bond motifs is 1. The molecule has 0 spiro atoms. The fourth-order valence-corrected chi connectivity index (χ4v) is 5.06. The molecule has 1 unspecified atom stereocenters. The largest absolute Gasteiger partial charge is 0.451 e. The summed E-state index contributed by atoms with van der Waals surface area (Å²) >= 11 is 0. The van der Waals surface area contributed by atoms with Crippen molar-refractivity contribution < 1.29 is 21.6 Å². The first-order chi connectivity index (χ1) is 15.7. The van der Waals surface area contributed by atoms with Crippen LogP contribution in [-0.4, -0.2) is 49.0 Å². The number of rotatable bonds is 7. The van der Waals surface area contributed by atoms with Crippen molar-refractivity contribution in [1.29, 1.82) is 0 Å². The van der Waals surface area contributed by atoms with Gasteiger partial charge in [-0.05, 0) is 62.3 Å². The number of nitrogens with one attached hydrogen (secondary N) is 2. The first-order valence-corrected chi connectivity index (χ1v) is 12.1. The molecule has 0 bridgehead atoms. The van der Waals surface area contributed by atoms with Crippen molar-refractivity contribution >= 4 is 32.4 Å². The number of likely N-dealkylation sites (N-methyl/N-ethyl adjacent to an activating group) is 1. The van der Waals surface area contributed by atoms with Gasteiger partial charge in [-0.25, -0.2) is 23.1 Å². The molecule has 33 heavy (non-hydrogen) atoms. The minimum Gasteiger partial charge on any atom is -0.340 e. The number of anilines is 2. The molecule has 4 rings (SSSR count). The Morgan fingerprint density at radius 1 is 1.09 bits per heavy atom. The molecule has 1 aliphatic rings. The highest BCUT2D eigenvalue weighted by Gasteiger charge is 2.35. The maximum Gasteiger partial charge on any atom is 0.451 e. The highest BCUT2D eigenvalue weighted by molar-refractivity contribution is 7.89. The zero-order chi connectivity index (χ0) is 23.6. The van der Waals surface area contributed by atoms with E-state index in [2.05, 4.69) is 31.8 Å². The maximum atomic E-state index is 13.2. The van der Waals surface area contributed by atoms with Crippen LogP contribution in [0.3, 0.4) is 0 Å². The Morgan fingerprint density at radius 3 is 2.52 bits per heavy atom. The molecule has 2 N–H and O–H groups in total. The zero-order valence-electron chi connectivity index (χ0n) is 17.9. The van der Waals surface area contributed by atoms with Gasteiger partial charge in [0.1, 0.15) is 5.82 Å². The monoisotopic (exact) mass is 479 g/mol. The quantitative estimate of drug-likeness (QED) is 0.529. The van der Waals surface area contributed by atoms with Crippen LogP contribution in [0.5, 0.6) is 0 Å². The first-order valence-electron chi connectivity index (χ1n) is 10.6. The molecule has 11 heteroatoms. The van der Waals surface area contributed by atoms with Gasteiger partial charge < -0.3 is 5.32 Å². The van der Waals surface area contributed by atoms with Gasteiger partial charge in [-0.2, -0.15) is 13.2 Å². The number of hydrogen-bond acceptors (Lipinski definition) is 6. The molecular formula is C22H24F3N5O2S. The summed E-state index contributed by atoms with van der Waals surface area (Å²) in [4.78, 5) is 9.57. The summed E-state index contributed by atoms with van der Waals surface area (Å²) in [5, 5.41) is 3.27. The van der Waals surface area contributed by atoms with Gasteiger partial charge in [-0.1, -0.05) is 19.1 Å². The van der Waals surface area contributed by atoms with Gasteiger partial charge in [-0.15, -0.1) is 0 Å². The molecule has 0 radical (unpaired) electrons. The van der Waals surface area contributed by atoms with Crippen LogP contribution in [0.4, 0.5) is 24.7 Å². The lowest BCUT2D eigenvalue weighted by Gasteiger charge is -2.22. The zero-order valence-corrected chi connectivity index (χ0v) is 18.7. The molecule has 2 aromatic carbocycles. The van der Waals surface area contributed by atoms with Gasteiger partial charge in [0.2, 0.25) is 15.8 Å². The Kier molecular flexibility index (Phi) is 6.55. The fourth-order valence-electron chi connectivity index (χ4n) is 3.98. The number of para-hydroxylation sites is 1. The predicted molar refractivity (Wildman–Crippen MR) is 120 cm³/mol. The molecule has 1 atom stereocenters. The number of halogens is 3. The molecule has 7 nitrogen and oxygen atoms in total. The van der Waals surface area contributed by atoms with E-state index in [-0.39, 0.29) is 22.3 Å². The first kappa shape index (κ1) is 23.4. The van der Waals surface area contributed by atoms with E-state index in [1.54, 1.807) is 18.2 Å². The average Bonchev–Trinajstić information content (AvgIpc) is 3.25. The molecule has 1 fully saturated rings. The van der Waals surface area contributed by atoms with Gasteiger partial charge >= 0.3 is 6.18 Å². The Balaban J connectivity index is 1.53. The van der Waals surface area contributed by atoms with Gasteiger partial charge in [-0.3, -0.25) is 4.90 Å². The minimum absolute atomic E-state index is 0.0115. The number of sulfonamides is 1. The third-order valence-electron chi connectivity index (χ3n) is 5.70. The summed E-state index contributed by atoms with van der Waals surface area (Å²) in [7, 11) is -3.71. The van der Waals surface area contributed by atoms with Crippen LogP contribution >= 0.6 is 0 Å². The topological polar surface area (TPSA) is 87.2 Å². The molecule has 1 aliphatic heterocycles. The van der Waals surface area contributed by atoms with Crippen molar-refractivity contribution in [3.05, 3.63) is 54.4 Å². The van der Waals surface area contributed by atoms with Crippen molar-refractivity contribution in [2.24, 2.45) is 0 Å². The van der Waals surface area contributed by atoms with E-state index < -0.39 is 22.0 Å². The maximum absolute atomic E-state index is 13.2. The number of benzene rings is 2. The summed E-state index contributed by atoms with van der Waals surface area (Å²) in [5.41, 5.74) is 0.553. The number of nitrogens with zero attached hydrogens (tertiary/aromatic N) is 3. The number of hydrogen-bond donors (Lipinski definition) is 2. The Labute approximate surface area is 190 Å². The van der Waals surface area contributed by atoms with Crippen molar-refractivity contribution in [1.82, 2.24) is 19.6 Å². The van der Waals surface area contributed by atoms with Crippen LogP contribution in [-0.2, 0) is 16.2 Å². The van der Waals surface area contributed by atoms with E-state index in [4.69, 9.17) is 0 Å². The van der Waals surface area contributed by atoms with Crippen LogP contribution in [0, 0.1) is 0 Å². The molecule has 0 saturated carbocycles. The molecule has 1 aromatic heterocycles. The smallest absolute Gasteiger partial charge is 0.340 e. The Bertz CT molecular complexity index is 1230. The molecule has 0 aliphatic carbocycles. The second kappa shape index (κ2) is 9.24. The fraction of sp³-hybridized carbons (Fsp3) is 0.364. The van der Waals surface area contributed by atoms with Crippen LogP contribution in [0.1, 0.15) is 25.6 Å². The van der Waals surface area contributed by atoms with Gasteiger partial charge in [0.25, 0.3) is 0 Å². The predicted octanol–water partition coefficient (Wildman–Crippen LogP) is 4.15. The Morgan fingerprint density at radius 2 is 1.82 bits per heavy atom. The minimum atomic E-state index is -4.70. The molecule has 176 valence electrons. The van der Waals surface area contributed by atoms with E-state index in [0.717, 1.165) is 25.9 Å². The van der Waals surface area contributed by atoms with E-state index >= 15 is 0 Å². The molecule has 2 heterocycles. The molecule has 0 amide bonds. The van der Waals surface area contributed by atoms with E-state index in [0.29, 0.717) is 17.6 Å². The van der Waals surface area contributed by atoms with Crippen molar-refractivity contribution in [2.45, 2.75) is 36.9 Å². The standard InChI is InChI=1S/C22H24F3N5O2S/c1-2-30-13-5-6-16(30)14-26-33(31,32)17-11-9-15(10-12-17)27-20-18-7-3-4-8-19(18)28-21(29-20)22(23,24)25/h3-4,7-12,16,26H,2,5-6,13-14H2,1H3,(H,27,28,29). The van der Waals surface area contributed by atoms with E-state index in [9.17, 15) is 21.6 Å². The van der Waals surface area contributed by atoms with Crippen LogP contribution in [0.25, 0.3) is 10.9 Å². The number of aromatic nitrogens is 2. The van der Waals surface area contributed by atoms with Crippen LogP contribution < -0.4 is 10.0 Å². The van der Waals surface area contributed by atoms with E-state index in [1.807, 2.05) is 0 Å². The number of likely N-dealkylation sites (tertiary alicyclic amines) is 1. The summed E-state index contributed by atoms with van der Waals surface area (Å²) in [6.07, 6.45) is -2.70. The summed E-state index contributed by atoms with van der Waals surface area (Å²) < 4.78 is 67.7. The van der Waals surface area contributed by atoms with Gasteiger partial charge in [0.15, 0.2) is 0 Å². The van der Waals surface area contributed by atoms with Crippen molar-refractivity contribution in [2.75, 3.05) is 25.0 Å². The van der Waals surface area contributed by atoms with Gasteiger partial charge in [0, 0.05) is 23.7 Å². The van der Waals surface area contributed by atoms with Gasteiger partial charge in [0.05, 0.1) is 10.4 Å². The van der Waals surface area contributed by atoms with E-state index in [1.165, 1.54) is 30.3 Å². The summed E-state index contributed by atoms with van der Waals surface area (Å²) in [6.45, 7) is 4.23. The molecule has 3 aromatic rings. The third-order valence-corrected chi connectivity index (χ3v) is 7.14. The van der Waals surface area contributed by atoms with Crippen LogP contribution in [0.15, 0.2) is 53.4 Å². The number of alkyl halides is 3. The SMILES string of the molecule is CCN1CCCC1CNS(=O)(=O)c1ccc(Nc2nc(C(F)(F)F)nc3ccccc23)cc1. The second-order valence-corrected chi connectivity index (χ2v) is 9.60. The van der Waals surface area contributed by atoms with Crippen molar-refractivity contribution in [3.63, 3.8) is 0 Å². The lowest BCUT2D eigenvalue weighted by Crippen LogP contribution is -2.39. The summed E-state index contributed by atoms with van der Waals surface area (Å²) in [6, 6.07) is 12.3. The lowest BCUT2D eigenvalue weighted by molar-refractivity contribution is -0.144. The summed E-state index contributed by atoms with van der Waals surface area (Å²) in [5.74, 6) is -1.26. The lowest BCUT2D eigenvalue weighted by atomic mass is 10.2. The van der Waals surface area contributed by atoms with Crippen molar-refractivity contribution in [3.8, 4) is 0 Å². The highest BCUT2D eigenvalue weighted by atomic mass is 32.2. The average molecular weight is 480 g/mol. The normalized spacial score (nSPS) is 17.5. The molecule has 1 saturated heterocycles. The highest BCUT2D eigenvalue weighted by Crippen LogP contribution is 2.31. The van der Waals surface area contributed by atoms with Crippen LogP contribution in [0.2, 0.25) is 0 Å². The second-order valence-electron chi connectivity index (χ2n) is 7.84.